The molecule has 0 spiro atoms. The van der Waals surface area contributed by atoms with Crippen molar-refractivity contribution in [3.63, 3.8) is 0 Å². The van der Waals surface area contributed by atoms with Crippen LogP contribution in [0.25, 0.3) is 10.9 Å². The van der Waals surface area contributed by atoms with Gasteiger partial charge in [-0.05, 0) is 30.3 Å². The highest BCUT2D eigenvalue weighted by atomic mass is 35.5. The average molecular weight is 444 g/mol. The number of fused-ring (bicyclic) bond motifs is 2. The van der Waals surface area contributed by atoms with Gasteiger partial charge in [-0.1, -0.05) is 35.5 Å². The number of carbonyl (C=O) groups is 2. The van der Waals surface area contributed by atoms with Crippen LogP contribution in [0.2, 0.25) is 5.02 Å². The van der Waals surface area contributed by atoms with Crippen molar-refractivity contribution in [2.24, 2.45) is 0 Å². The molecular weight excluding hydrogens is 426 g/mol. The van der Waals surface area contributed by atoms with Crippen LogP contribution in [0.5, 0.6) is 0 Å². The molecule has 2 heterocycles. The Kier molecular flexibility index (Phi) is 5.90. The molecule has 3 aromatic rings. The lowest BCUT2D eigenvalue weighted by molar-refractivity contribution is 0.0664. The Hall–Kier alpha value is -2.68. The first-order chi connectivity index (χ1) is 14.5. The van der Waals surface area contributed by atoms with E-state index < -0.39 is 0 Å². The summed E-state index contributed by atoms with van der Waals surface area (Å²) in [5, 5.41) is 1.45. The minimum atomic E-state index is -0.300. The summed E-state index contributed by atoms with van der Waals surface area (Å²) in [6, 6.07) is 11.7. The fraction of sp³-hybridized carbons (Fsp3) is 0.238. The first kappa shape index (κ1) is 20.6. The van der Waals surface area contributed by atoms with Crippen LogP contribution in [0, 0.1) is 0 Å². The molecule has 0 N–H and O–H groups in total. The van der Waals surface area contributed by atoms with Gasteiger partial charge in [-0.2, -0.15) is 0 Å². The van der Waals surface area contributed by atoms with Gasteiger partial charge in [0, 0.05) is 24.4 Å². The second-order valence-electron chi connectivity index (χ2n) is 6.66. The quantitative estimate of drug-likeness (QED) is 0.317. The molecule has 0 aliphatic carbocycles. The van der Waals surface area contributed by atoms with Gasteiger partial charge in [0.2, 0.25) is 0 Å². The molecule has 0 saturated carbocycles. The van der Waals surface area contributed by atoms with Crippen molar-refractivity contribution in [2.75, 3.05) is 26.0 Å². The fourth-order valence-electron chi connectivity index (χ4n) is 3.33. The number of carbonyl (C=O) groups excluding carboxylic acids is 2. The smallest absolute Gasteiger partial charge is 0.262 e. The van der Waals surface area contributed by atoms with Gasteiger partial charge in [0.05, 0.1) is 35.2 Å². The van der Waals surface area contributed by atoms with Crippen molar-refractivity contribution in [3.8, 4) is 0 Å². The molecule has 1 aromatic heterocycles. The molecule has 0 radical (unpaired) electrons. The second kappa shape index (κ2) is 8.59. The maximum Gasteiger partial charge on any atom is 0.262 e. The van der Waals surface area contributed by atoms with Crippen LogP contribution in [0.15, 0.2) is 52.4 Å². The molecule has 0 fully saturated rings. The molecule has 4 rings (SSSR count). The third kappa shape index (κ3) is 3.74. The molecule has 2 aromatic carbocycles. The summed E-state index contributed by atoms with van der Waals surface area (Å²) >= 11 is 7.37. The summed E-state index contributed by atoms with van der Waals surface area (Å²) in [6.07, 6.45) is 0. The third-order valence-corrected chi connectivity index (χ3v) is 6.02. The minimum Gasteiger partial charge on any atom is -0.383 e. The highest BCUT2D eigenvalue weighted by Crippen LogP contribution is 2.24. The highest BCUT2D eigenvalue weighted by Gasteiger charge is 2.34. The Labute approximate surface area is 181 Å². The number of hydrogen-bond donors (Lipinski definition) is 0. The van der Waals surface area contributed by atoms with E-state index in [9.17, 15) is 14.4 Å². The summed E-state index contributed by atoms with van der Waals surface area (Å²) in [5.41, 5.74) is 1.16. The van der Waals surface area contributed by atoms with Crippen LogP contribution in [0.1, 0.15) is 20.7 Å². The Morgan fingerprint density at radius 3 is 2.40 bits per heavy atom. The molecule has 0 saturated heterocycles. The largest absolute Gasteiger partial charge is 0.383 e. The third-order valence-electron chi connectivity index (χ3n) is 4.83. The van der Waals surface area contributed by atoms with Crippen molar-refractivity contribution in [2.45, 2.75) is 11.7 Å². The zero-order chi connectivity index (χ0) is 21.3. The van der Waals surface area contributed by atoms with Crippen molar-refractivity contribution in [1.82, 2.24) is 14.5 Å². The molecule has 7 nitrogen and oxygen atoms in total. The number of methoxy groups -OCH3 is 1. The predicted molar refractivity (Wildman–Crippen MR) is 115 cm³/mol. The zero-order valence-electron chi connectivity index (χ0n) is 16.1. The summed E-state index contributed by atoms with van der Waals surface area (Å²) in [5.74, 6) is -0.200. The van der Waals surface area contributed by atoms with Crippen LogP contribution >= 0.6 is 23.4 Å². The maximum absolute atomic E-state index is 12.9. The van der Waals surface area contributed by atoms with E-state index in [1.807, 2.05) is 0 Å². The number of amides is 2. The number of thioether (sulfide) groups is 1. The van der Waals surface area contributed by atoms with E-state index >= 15 is 0 Å². The molecule has 154 valence electrons. The zero-order valence-corrected chi connectivity index (χ0v) is 17.7. The second-order valence-corrected chi connectivity index (χ2v) is 8.16. The van der Waals surface area contributed by atoms with Gasteiger partial charge in [-0.15, -0.1) is 0 Å². The molecule has 0 atom stereocenters. The van der Waals surface area contributed by atoms with Crippen LogP contribution in [0.3, 0.4) is 0 Å². The normalized spacial score (nSPS) is 13.3. The molecule has 30 heavy (non-hydrogen) atoms. The van der Waals surface area contributed by atoms with Crippen LogP contribution < -0.4 is 5.56 Å². The molecule has 0 unspecified atom stereocenters. The lowest BCUT2D eigenvalue weighted by Crippen LogP contribution is -2.32. The predicted octanol–water partition coefficient (Wildman–Crippen LogP) is 3.08. The van der Waals surface area contributed by atoms with Crippen molar-refractivity contribution >= 4 is 46.1 Å². The van der Waals surface area contributed by atoms with Crippen molar-refractivity contribution < 1.29 is 14.3 Å². The van der Waals surface area contributed by atoms with Gasteiger partial charge in [0.15, 0.2) is 5.16 Å². The van der Waals surface area contributed by atoms with E-state index in [0.717, 1.165) is 0 Å². The molecule has 2 amide bonds. The number of nitrogens with zero attached hydrogens (tertiary/aromatic N) is 3. The SMILES string of the molecule is COCCn1c(SCCN2C(=O)c3ccccc3C2=O)nc2cc(Cl)ccc2c1=O. The summed E-state index contributed by atoms with van der Waals surface area (Å²) in [6.45, 7) is 0.910. The fourth-order valence-corrected chi connectivity index (χ4v) is 4.45. The Balaban J connectivity index is 1.57. The number of halogens is 1. The van der Waals surface area contributed by atoms with Gasteiger partial charge < -0.3 is 4.74 Å². The maximum atomic E-state index is 12.9. The standard InChI is InChI=1S/C21H18ClN3O4S/c1-29-10-8-25-20(28)16-7-6-13(22)12-17(16)23-21(25)30-11-9-24-18(26)14-4-2-3-5-15(14)19(24)27/h2-7,12H,8-11H2,1H3. The summed E-state index contributed by atoms with van der Waals surface area (Å²) < 4.78 is 6.67. The first-order valence-corrected chi connectivity index (χ1v) is 10.6. The van der Waals surface area contributed by atoms with E-state index in [4.69, 9.17) is 16.3 Å². The number of rotatable bonds is 7. The minimum absolute atomic E-state index is 0.183. The first-order valence-electron chi connectivity index (χ1n) is 9.28. The van der Waals surface area contributed by atoms with E-state index in [1.54, 1.807) is 54.1 Å². The highest BCUT2D eigenvalue weighted by molar-refractivity contribution is 7.99. The number of imide groups is 1. The topological polar surface area (TPSA) is 81.5 Å². The Bertz CT molecular complexity index is 1180. The van der Waals surface area contributed by atoms with E-state index in [0.29, 0.717) is 51.1 Å². The monoisotopic (exact) mass is 443 g/mol. The van der Waals surface area contributed by atoms with Crippen molar-refractivity contribution in [1.29, 1.82) is 0 Å². The molecular formula is C21H18ClN3O4S. The summed E-state index contributed by atoms with van der Waals surface area (Å²) in [4.78, 5) is 43.8. The molecule has 1 aliphatic heterocycles. The van der Waals surface area contributed by atoms with E-state index in [1.165, 1.54) is 16.7 Å². The van der Waals surface area contributed by atoms with Gasteiger partial charge in [0.1, 0.15) is 0 Å². The lowest BCUT2D eigenvalue weighted by atomic mass is 10.1. The number of ether oxygens (including phenoxy) is 1. The van der Waals surface area contributed by atoms with Gasteiger partial charge >= 0.3 is 0 Å². The summed E-state index contributed by atoms with van der Waals surface area (Å²) in [7, 11) is 1.56. The van der Waals surface area contributed by atoms with Crippen LogP contribution in [0.4, 0.5) is 0 Å². The van der Waals surface area contributed by atoms with Crippen LogP contribution in [-0.2, 0) is 11.3 Å². The van der Waals surface area contributed by atoms with E-state index in [-0.39, 0.29) is 23.9 Å². The van der Waals surface area contributed by atoms with Crippen molar-refractivity contribution in [3.05, 3.63) is 69.0 Å². The van der Waals surface area contributed by atoms with Gasteiger partial charge in [-0.3, -0.25) is 23.9 Å². The molecule has 9 heteroatoms. The number of benzene rings is 2. The Morgan fingerprint density at radius 1 is 1.03 bits per heavy atom. The van der Waals surface area contributed by atoms with Crippen LogP contribution in [-0.4, -0.2) is 52.3 Å². The molecule has 1 aliphatic rings. The number of hydrogen-bond acceptors (Lipinski definition) is 6. The Morgan fingerprint density at radius 2 is 1.73 bits per heavy atom. The average Bonchev–Trinajstić information content (AvgIpc) is 2.98. The lowest BCUT2D eigenvalue weighted by Gasteiger charge is -2.15. The van der Waals surface area contributed by atoms with E-state index in [2.05, 4.69) is 4.98 Å². The van der Waals surface area contributed by atoms with Gasteiger partial charge in [-0.25, -0.2) is 4.98 Å². The number of aromatic nitrogens is 2. The molecule has 0 bridgehead atoms. The van der Waals surface area contributed by atoms with Gasteiger partial charge in [0.25, 0.3) is 17.4 Å².